The van der Waals surface area contributed by atoms with Gasteiger partial charge in [0.15, 0.2) is 5.16 Å². The number of hydrogen-bond donors (Lipinski definition) is 1. The number of hydrogen-bond acceptors (Lipinski definition) is 8. The van der Waals surface area contributed by atoms with Crippen molar-refractivity contribution in [2.75, 3.05) is 42.3 Å². The highest BCUT2D eigenvalue weighted by molar-refractivity contribution is 7.99. The Morgan fingerprint density at radius 3 is 3.04 bits per heavy atom. The van der Waals surface area contributed by atoms with Gasteiger partial charge in [0.25, 0.3) is 0 Å². The molecule has 1 fully saturated rings. The fraction of sp³-hybridized carbons (Fsp3) is 0.429. The topological polar surface area (TPSA) is 96.1 Å². The van der Waals surface area contributed by atoms with Crippen LogP contribution in [0, 0.1) is 11.3 Å². The van der Waals surface area contributed by atoms with Gasteiger partial charge >= 0.3 is 0 Å². The van der Waals surface area contributed by atoms with Gasteiger partial charge in [0.05, 0.1) is 24.5 Å². The van der Waals surface area contributed by atoms with Crippen LogP contribution in [0.4, 0.5) is 10.9 Å². The highest BCUT2D eigenvalue weighted by Crippen LogP contribution is 2.24. The summed E-state index contributed by atoms with van der Waals surface area (Å²) >= 11 is 2.65. The van der Waals surface area contributed by atoms with Crippen molar-refractivity contribution in [1.29, 1.82) is 5.26 Å². The molecule has 24 heavy (non-hydrogen) atoms. The molecule has 8 nitrogen and oxygen atoms in total. The standard InChI is InChI=1S/C14H16N6O2S2/c1-19-13(20-3-5-22-6-4-20)17-18-14(19)24-9-11(21)16-12-10(8-15)2-7-23-12/h2,7H,3-6,9H2,1H3,(H,16,21). The lowest BCUT2D eigenvalue weighted by Crippen LogP contribution is -2.37. The molecule has 0 saturated carbocycles. The summed E-state index contributed by atoms with van der Waals surface area (Å²) < 4.78 is 7.22. The molecule has 0 aromatic carbocycles. The number of thiophene rings is 1. The number of rotatable bonds is 5. The largest absolute Gasteiger partial charge is 0.378 e. The van der Waals surface area contributed by atoms with Crippen LogP contribution in [-0.4, -0.2) is 52.7 Å². The van der Waals surface area contributed by atoms with Crippen LogP contribution in [0.2, 0.25) is 0 Å². The van der Waals surface area contributed by atoms with E-state index in [0.29, 0.717) is 28.9 Å². The Morgan fingerprint density at radius 2 is 2.29 bits per heavy atom. The minimum Gasteiger partial charge on any atom is -0.378 e. The second kappa shape index (κ2) is 7.65. The van der Waals surface area contributed by atoms with Crippen molar-refractivity contribution >= 4 is 40.0 Å². The quantitative estimate of drug-likeness (QED) is 0.799. The van der Waals surface area contributed by atoms with Crippen molar-refractivity contribution in [3.63, 3.8) is 0 Å². The van der Waals surface area contributed by atoms with Crippen molar-refractivity contribution < 1.29 is 9.53 Å². The molecule has 3 rings (SSSR count). The van der Waals surface area contributed by atoms with Crippen LogP contribution in [0.25, 0.3) is 0 Å². The SMILES string of the molecule is Cn1c(SCC(=O)Nc2sccc2C#N)nnc1N1CCOCC1. The molecular formula is C14H16N6O2S2. The lowest BCUT2D eigenvalue weighted by atomic mass is 10.3. The maximum absolute atomic E-state index is 12.1. The maximum atomic E-state index is 12.1. The first kappa shape index (κ1) is 16.8. The zero-order valence-electron chi connectivity index (χ0n) is 13.1. The number of thioether (sulfide) groups is 1. The Bertz CT molecular complexity index is 760. The molecule has 1 N–H and O–H groups in total. The van der Waals surface area contributed by atoms with Gasteiger partial charge in [-0.1, -0.05) is 11.8 Å². The van der Waals surface area contributed by atoms with E-state index < -0.39 is 0 Å². The Kier molecular flexibility index (Phi) is 5.34. The highest BCUT2D eigenvalue weighted by Gasteiger charge is 2.19. The molecule has 1 aliphatic rings. The smallest absolute Gasteiger partial charge is 0.235 e. The second-order valence-electron chi connectivity index (χ2n) is 5.05. The first-order chi connectivity index (χ1) is 11.7. The summed E-state index contributed by atoms with van der Waals surface area (Å²) in [5.74, 6) is 0.818. The average Bonchev–Trinajstić information content (AvgIpc) is 3.20. The number of aromatic nitrogens is 3. The van der Waals surface area contributed by atoms with E-state index in [1.807, 2.05) is 11.6 Å². The van der Waals surface area contributed by atoms with Crippen LogP contribution in [0.1, 0.15) is 5.56 Å². The molecule has 0 spiro atoms. The molecule has 2 aromatic rings. The number of carbonyl (C=O) groups is 1. The summed E-state index contributed by atoms with van der Waals surface area (Å²) in [5, 5.41) is 23.1. The first-order valence-electron chi connectivity index (χ1n) is 7.31. The average molecular weight is 364 g/mol. The van der Waals surface area contributed by atoms with Crippen molar-refractivity contribution in [3.8, 4) is 6.07 Å². The number of nitrogens with one attached hydrogen (secondary N) is 1. The molecule has 0 radical (unpaired) electrons. The molecule has 1 aliphatic heterocycles. The molecule has 126 valence electrons. The summed E-state index contributed by atoms with van der Waals surface area (Å²) in [6.07, 6.45) is 0. The van der Waals surface area contributed by atoms with Gasteiger partial charge in [0, 0.05) is 20.1 Å². The number of carbonyl (C=O) groups excluding carboxylic acids is 1. The van der Waals surface area contributed by atoms with Gasteiger partial charge in [-0.15, -0.1) is 21.5 Å². The highest BCUT2D eigenvalue weighted by atomic mass is 32.2. The first-order valence-corrected chi connectivity index (χ1v) is 9.18. The van der Waals surface area contributed by atoms with Gasteiger partial charge in [-0.2, -0.15) is 5.26 Å². The van der Waals surface area contributed by atoms with E-state index >= 15 is 0 Å². The predicted molar refractivity (Wildman–Crippen MR) is 92.4 cm³/mol. The third-order valence-electron chi connectivity index (χ3n) is 3.48. The molecule has 0 aliphatic carbocycles. The van der Waals surface area contributed by atoms with E-state index in [4.69, 9.17) is 10.00 Å². The van der Waals surface area contributed by atoms with Gasteiger partial charge in [0.2, 0.25) is 11.9 Å². The second-order valence-corrected chi connectivity index (χ2v) is 6.91. The fourth-order valence-electron chi connectivity index (χ4n) is 2.26. The third-order valence-corrected chi connectivity index (χ3v) is 5.33. The number of morpholine rings is 1. The van der Waals surface area contributed by atoms with Gasteiger partial charge in [-0.25, -0.2) is 0 Å². The zero-order chi connectivity index (χ0) is 16.9. The minimum atomic E-state index is -0.171. The van der Waals surface area contributed by atoms with E-state index in [9.17, 15) is 4.79 Å². The molecular weight excluding hydrogens is 348 g/mol. The third kappa shape index (κ3) is 3.69. The Balaban J connectivity index is 1.58. The lowest BCUT2D eigenvalue weighted by molar-refractivity contribution is -0.113. The van der Waals surface area contributed by atoms with Crippen molar-refractivity contribution in [3.05, 3.63) is 17.0 Å². The number of anilines is 2. The molecule has 1 saturated heterocycles. The van der Waals surface area contributed by atoms with E-state index in [2.05, 4.69) is 26.5 Å². The molecule has 0 atom stereocenters. The predicted octanol–water partition coefficient (Wildman–Crippen LogP) is 1.32. The normalized spacial score (nSPS) is 14.4. The monoisotopic (exact) mass is 364 g/mol. The number of amides is 1. The number of nitrogens with zero attached hydrogens (tertiary/aromatic N) is 5. The van der Waals surface area contributed by atoms with E-state index in [0.717, 1.165) is 19.0 Å². The van der Waals surface area contributed by atoms with Crippen LogP contribution in [0.15, 0.2) is 16.6 Å². The van der Waals surface area contributed by atoms with E-state index in [1.165, 1.54) is 23.1 Å². The summed E-state index contributed by atoms with van der Waals surface area (Å²) in [6, 6.07) is 3.74. The number of nitriles is 1. The molecule has 0 unspecified atom stereocenters. The van der Waals surface area contributed by atoms with Gasteiger partial charge in [-0.3, -0.25) is 9.36 Å². The molecule has 2 aromatic heterocycles. The van der Waals surface area contributed by atoms with Crippen LogP contribution in [-0.2, 0) is 16.6 Å². The Morgan fingerprint density at radius 1 is 1.50 bits per heavy atom. The van der Waals surface area contributed by atoms with Crippen LogP contribution in [0.3, 0.4) is 0 Å². The molecule has 1 amide bonds. The van der Waals surface area contributed by atoms with Crippen LogP contribution in [0.5, 0.6) is 0 Å². The molecule has 10 heteroatoms. The van der Waals surface area contributed by atoms with Gasteiger partial charge in [0.1, 0.15) is 11.1 Å². The summed E-state index contributed by atoms with van der Waals surface area (Å²) in [6.45, 7) is 2.93. The number of ether oxygens (including phenoxy) is 1. The van der Waals surface area contributed by atoms with E-state index in [-0.39, 0.29) is 11.7 Å². The summed E-state index contributed by atoms with van der Waals surface area (Å²) in [5.41, 5.74) is 0.478. The lowest BCUT2D eigenvalue weighted by Gasteiger charge is -2.27. The van der Waals surface area contributed by atoms with Gasteiger partial charge in [-0.05, 0) is 11.4 Å². The van der Waals surface area contributed by atoms with Crippen molar-refractivity contribution in [2.24, 2.45) is 7.05 Å². The minimum absolute atomic E-state index is 0.171. The van der Waals surface area contributed by atoms with Crippen LogP contribution >= 0.6 is 23.1 Å². The molecule has 3 heterocycles. The van der Waals surface area contributed by atoms with E-state index in [1.54, 1.807) is 11.4 Å². The molecule has 0 bridgehead atoms. The van der Waals surface area contributed by atoms with Crippen molar-refractivity contribution in [2.45, 2.75) is 5.16 Å². The zero-order valence-corrected chi connectivity index (χ0v) is 14.7. The van der Waals surface area contributed by atoms with Gasteiger partial charge < -0.3 is 15.0 Å². The van der Waals surface area contributed by atoms with Crippen LogP contribution < -0.4 is 10.2 Å². The Hall–Kier alpha value is -2.09. The fourth-order valence-corrected chi connectivity index (χ4v) is 3.72. The summed E-state index contributed by atoms with van der Waals surface area (Å²) in [4.78, 5) is 14.2. The Labute approximate surface area is 147 Å². The maximum Gasteiger partial charge on any atom is 0.235 e. The van der Waals surface area contributed by atoms with Crippen molar-refractivity contribution in [1.82, 2.24) is 14.8 Å². The summed E-state index contributed by atoms with van der Waals surface area (Å²) in [7, 11) is 1.89.